The first kappa shape index (κ1) is 17.8. The van der Waals surface area contributed by atoms with Crippen molar-refractivity contribution in [3.63, 3.8) is 0 Å². The fraction of sp³-hybridized carbons (Fsp3) is 0.391. The molecule has 1 saturated heterocycles. The van der Waals surface area contributed by atoms with Crippen LogP contribution in [0.3, 0.4) is 0 Å². The number of hydrogen-bond acceptors (Lipinski definition) is 2. The van der Waals surface area contributed by atoms with Crippen LogP contribution in [0.5, 0.6) is 0 Å². The number of carbonyl (C=O) groups excluding carboxylic acids is 2. The Labute approximate surface area is 160 Å². The predicted octanol–water partition coefficient (Wildman–Crippen LogP) is 3.38. The van der Waals surface area contributed by atoms with Crippen molar-refractivity contribution in [1.82, 2.24) is 10.2 Å². The summed E-state index contributed by atoms with van der Waals surface area (Å²) in [6.07, 6.45) is 2.43. The van der Waals surface area contributed by atoms with Gasteiger partial charge >= 0.3 is 0 Å². The summed E-state index contributed by atoms with van der Waals surface area (Å²) in [6.45, 7) is 3.88. The first-order valence-corrected chi connectivity index (χ1v) is 9.80. The van der Waals surface area contributed by atoms with Crippen LogP contribution in [0.1, 0.15) is 40.2 Å². The Morgan fingerprint density at radius 2 is 1.70 bits per heavy atom. The van der Waals surface area contributed by atoms with Crippen LogP contribution in [0.15, 0.2) is 54.6 Å². The summed E-state index contributed by atoms with van der Waals surface area (Å²) in [5, 5.41) is 3.12. The van der Waals surface area contributed by atoms with Crippen LogP contribution < -0.4 is 5.32 Å². The van der Waals surface area contributed by atoms with Crippen LogP contribution in [-0.4, -0.2) is 36.3 Å². The molecule has 0 radical (unpaired) electrons. The molecule has 2 aliphatic rings. The maximum Gasteiger partial charge on any atom is 0.253 e. The van der Waals surface area contributed by atoms with Crippen LogP contribution in [-0.2, 0) is 4.79 Å². The topological polar surface area (TPSA) is 49.4 Å². The summed E-state index contributed by atoms with van der Waals surface area (Å²) < 4.78 is 0. The quantitative estimate of drug-likeness (QED) is 0.886. The number of aryl methyl sites for hydroxylation is 1. The van der Waals surface area contributed by atoms with Crippen LogP contribution in [0, 0.1) is 18.8 Å². The van der Waals surface area contributed by atoms with Crippen molar-refractivity contribution < 1.29 is 9.59 Å². The van der Waals surface area contributed by atoms with E-state index in [0.717, 1.165) is 12.1 Å². The zero-order valence-corrected chi connectivity index (χ0v) is 15.7. The molecule has 2 fully saturated rings. The Morgan fingerprint density at radius 1 is 1.00 bits per heavy atom. The van der Waals surface area contributed by atoms with E-state index in [1.165, 1.54) is 18.4 Å². The van der Waals surface area contributed by atoms with E-state index in [-0.39, 0.29) is 23.7 Å². The van der Waals surface area contributed by atoms with Crippen molar-refractivity contribution in [2.45, 2.75) is 25.7 Å². The summed E-state index contributed by atoms with van der Waals surface area (Å²) in [6, 6.07) is 17.7. The van der Waals surface area contributed by atoms with Gasteiger partial charge in [-0.15, -0.1) is 0 Å². The Balaban J connectivity index is 1.54. The molecule has 4 heteroatoms. The normalized spacial score (nSPS) is 21.9. The minimum absolute atomic E-state index is 0.00482. The van der Waals surface area contributed by atoms with E-state index in [0.29, 0.717) is 24.6 Å². The summed E-state index contributed by atoms with van der Waals surface area (Å²) in [5.74, 6) is 0.577. The number of amides is 2. The first-order valence-electron chi connectivity index (χ1n) is 9.80. The molecule has 27 heavy (non-hydrogen) atoms. The summed E-state index contributed by atoms with van der Waals surface area (Å²) >= 11 is 0. The van der Waals surface area contributed by atoms with Gasteiger partial charge in [-0.1, -0.05) is 48.0 Å². The number of carbonyl (C=O) groups is 2. The summed E-state index contributed by atoms with van der Waals surface area (Å²) in [4.78, 5) is 27.6. The second kappa shape index (κ2) is 7.55. The second-order valence-corrected chi connectivity index (χ2v) is 7.89. The maximum atomic E-state index is 12.9. The highest BCUT2D eigenvalue weighted by molar-refractivity contribution is 5.95. The molecule has 1 heterocycles. The number of rotatable bonds is 5. The zero-order valence-electron chi connectivity index (χ0n) is 15.7. The Hall–Kier alpha value is -2.62. The molecular weight excluding hydrogens is 336 g/mol. The molecule has 0 spiro atoms. The average molecular weight is 362 g/mol. The number of nitrogens with zero attached hydrogens (tertiary/aromatic N) is 1. The lowest BCUT2D eigenvalue weighted by molar-refractivity contribution is -0.125. The third-order valence-electron chi connectivity index (χ3n) is 5.73. The Kier molecular flexibility index (Phi) is 4.97. The highest BCUT2D eigenvalue weighted by Crippen LogP contribution is 2.34. The number of likely N-dealkylation sites (tertiary alicyclic amines) is 1. The number of hydrogen-bond donors (Lipinski definition) is 1. The van der Waals surface area contributed by atoms with E-state index in [1.807, 2.05) is 35.2 Å². The highest BCUT2D eigenvalue weighted by Gasteiger charge is 2.40. The van der Waals surface area contributed by atoms with E-state index < -0.39 is 0 Å². The van der Waals surface area contributed by atoms with E-state index in [2.05, 4.69) is 36.5 Å². The molecule has 1 aliphatic carbocycles. The fourth-order valence-electron chi connectivity index (χ4n) is 3.85. The van der Waals surface area contributed by atoms with E-state index in [1.54, 1.807) is 0 Å². The van der Waals surface area contributed by atoms with Crippen LogP contribution in [0.4, 0.5) is 0 Å². The van der Waals surface area contributed by atoms with Gasteiger partial charge in [-0.25, -0.2) is 0 Å². The van der Waals surface area contributed by atoms with Crippen molar-refractivity contribution in [3.05, 3.63) is 71.3 Å². The average Bonchev–Trinajstić information content (AvgIpc) is 3.43. The van der Waals surface area contributed by atoms with Crippen LogP contribution in [0.2, 0.25) is 0 Å². The van der Waals surface area contributed by atoms with Gasteiger partial charge in [0.15, 0.2) is 0 Å². The van der Waals surface area contributed by atoms with E-state index in [4.69, 9.17) is 0 Å². The smallest absolute Gasteiger partial charge is 0.253 e. The monoisotopic (exact) mass is 362 g/mol. The zero-order chi connectivity index (χ0) is 18.8. The lowest BCUT2D eigenvalue weighted by Gasteiger charge is -2.18. The van der Waals surface area contributed by atoms with Gasteiger partial charge in [0, 0.05) is 31.1 Å². The standard InChI is InChI=1S/C23H26N2O2/c1-16-7-11-18(12-8-16)20-14-25(23(27)19-5-3-2-4-6-19)15-21(20)22(26)24-13-17-9-10-17/h2-8,11-12,17,20-21H,9-10,13-15H2,1H3,(H,24,26)/t20-,21+/m0/s1. The molecule has 2 atom stereocenters. The molecule has 2 aromatic carbocycles. The SMILES string of the molecule is Cc1ccc([C@@H]2CN(C(=O)c3ccccc3)C[C@H]2C(=O)NCC2CC2)cc1. The largest absolute Gasteiger partial charge is 0.356 e. The van der Waals surface area contributed by atoms with Gasteiger partial charge in [-0.3, -0.25) is 9.59 Å². The molecule has 140 valence electrons. The lowest BCUT2D eigenvalue weighted by atomic mass is 9.88. The van der Waals surface area contributed by atoms with Gasteiger partial charge in [0.25, 0.3) is 5.91 Å². The molecule has 0 bridgehead atoms. The Bertz CT molecular complexity index is 812. The van der Waals surface area contributed by atoms with Gasteiger partial charge in [0.1, 0.15) is 0 Å². The molecule has 0 aromatic heterocycles. The molecule has 2 amide bonds. The molecule has 1 saturated carbocycles. The van der Waals surface area contributed by atoms with Crippen molar-refractivity contribution in [3.8, 4) is 0 Å². The second-order valence-electron chi connectivity index (χ2n) is 7.89. The predicted molar refractivity (Wildman–Crippen MR) is 105 cm³/mol. The van der Waals surface area contributed by atoms with Crippen LogP contribution in [0.25, 0.3) is 0 Å². The minimum Gasteiger partial charge on any atom is -0.356 e. The molecule has 1 aliphatic heterocycles. The molecule has 4 rings (SSSR count). The molecule has 2 aromatic rings. The third kappa shape index (κ3) is 4.05. The number of benzene rings is 2. The highest BCUT2D eigenvalue weighted by atomic mass is 16.2. The fourth-order valence-corrected chi connectivity index (χ4v) is 3.85. The van der Waals surface area contributed by atoms with Gasteiger partial charge in [-0.05, 0) is 43.4 Å². The minimum atomic E-state index is -0.195. The third-order valence-corrected chi connectivity index (χ3v) is 5.73. The van der Waals surface area contributed by atoms with Crippen molar-refractivity contribution in [2.75, 3.05) is 19.6 Å². The van der Waals surface area contributed by atoms with Gasteiger partial charge in [0.2, 0.25) is 5.91 Å². The summed E-state index contributed by atoms with van der Waals surface area (Å²) in [7, 11) is 0. The number of nitrogens with one attached hydrogen (secondary N) is 1. The van der Waals surface area contributed by atoms with Gasteiger partial charge < -0.3 is 10.2 Å². The van der Waals surface area contributed by atoms with E-state index >= 15 is 0 Å². The Morgan fingerprint density at radius 3 is 2.37 bits per heavy atom. The summed E-state index contributed by atoms with van der Waals surface area (Å²) in [5.41, 5.74) is 3.01. The van der Waals surface area contributed by atoms with Gasteiger partial charge in [-0.2, -0.15) is 0 Å². The molecule has 0 unspecified atom stereocenters. The molecular formula is C23H26N2O2. The van der Waals surface area contributed by atoms with Gasteiger partial charge in [0.05, 0.1) is 5.92 Å². The lowest BCUT2D eigenvalue weighted by Crippen LogP contribution is -2.36. The van der Waals surface area contributed by atoms with E-state index in [9.17, 15) is 9.59 Å². The maximum absolute atomic E-state index is 12.9. The van der Waals surface area contributed by atoms with Crippen molar-refractivity contribution in [2.24, 2.45) is 11.8 Å². The first-order chi connectivity index (χ1) is 13.1. The van der Waals surface area contributed by atoms with Crippen LogP contribution >= 0.6 is 0 Å². The molecule has 1 N–H and O–H groups in total. The van der Waals surface area contributed by atoms with Crippen molar-refractivity contribution in [1.29, 1.82) is 0 Å². The molecule has 4 nitrogen and oxygen atoms in total. The van der Waals surface area contributed by atoms with Crippen molar-refractivity contribution >= 4 is 11.8 Å².